The van der Waals surface area contributed by atoms with E-state index in [1.165, 1.54) is 22.2 Å². The number of hydrogen-bond donors (Lipinski definition) is 0. The number of thioether (sulfide) groups is 1. The fraction of sp³-hybridized carbons (Fsp3) is 0.368. The molecule has 0 fully saturated rings. The van der Waals surface area contributed by atoms with Gasteiger partial charge in [-0.1, -0.05) is 19.1 Å². The molecule has 3 aromatic rings. The van der Waals surface area contributed by atoms with Crippen LogP contribution >= 0.6 is 35.3 Å². The first kappa shape index (κ1) is 17.8. The molecule has 0 N–H and O–H groups in total. The van der Waals surface area contributed by atoms with Crippen molar-refractivity contribution >= 4 is 49.9 Å². The molecule has 0 aromatic carbocycles. The van der Waals surface area contributed by atoms with Crippen molar-refractivity contribution in [2.45, 2.75) is 31.2 Å². The summed E-state index contributed by atoms with van der Waals surface area (Å²) < 4.78 is 0.811. The van der Waals surface area contributed by atoms with Crippen LogP contribution in [0, 0.1) is 5.92 Å². The molecule has 0 saturated heterocycles. The topological polar surface area (TPSA) is 41.9 Å². The largest absolute Gasteiger partial charge is 0.363 e. The monoisotopic (exact) mass is 400 g/mol. The Morgan fingerprint density at radius 2 is 2.19 bits per heavy atom. The van der Waals surface area contributed by atoms with Crippen LogP contribution in [0.15, 0.2) is 29.6 Å². The van der Waals surface area contributed by atoms with Crippen LogP contribution < -0.4 is 0 Å². The second-order valence-electron chi connectivity index (χ2n) is 6.89. The summed E-state index contributed by atoms with van der Waals surface area (Å²) in [6.45, 7) is 2.33. The van der Waals surface area contributed by atoms with Crippen molar-refractivity contribution in [1.29, 1.82) is 0 Å². The molecule has 7 heteroatoms. The van der Waals surface area contributed by atoms with Crippen molar-refractivity contribution in [1.82, 2.24) is 19.9 Å². The van der Waals surface area contributed by atoms with Crippen LogP contribution in [-0.4, -0.2) is 38.3 Å². The van der Waals surface area contributed by atoms with Crippen molar-refractivity contribution in [3.05, 3.63) is 35.0 Å². The zero-order valence-corrected chi connectivity index (χ0v) is 17.5. The lowest BCUT2D eigenvalue weighted by Gasteiger charge is -2.18. The molecule has 1 aliphatic carbocycles. The van der Waals surface area contributed by atoms with Crippen LogP contribution in [0.2, 0.25) is 0 Å². The SMILES string of the molecule is C[C@@H]1CCc2c(sc3nc(-c4cccnc4)nc(SC(=S)N(C)C)c23)C1. The molecule has 1 atom stereocenters. The smallest absolute Gasteiger partial charge is 0.163 e. The first-order valence-electron chi connectivity index (χ1n) is 8.64. The van der Waals surface area contributed by atoms with E-state index in [0.29, 0.717) is 0 Å². The van der Waals surface area contributed by atoms with Crippen molar-refractivity contribution in [2.75, 3.05) is 14.1 Å². The molecule has 0 saturated carbocycles. The van der Waals surface area contributed by atoms with E-state index < -0.39 is 0 Å². The Morgan fingerprint density at radius 3 is 2.92 bits per heavy atom. The Morgan fingerprint density at radius 1 is 1.35 bits per heavy atom. The molecule has 3 heterocycles. The van der Waals surface area contributed by atoms with Crippen molar-refractivity contribution in [3.8, 4) is 11.4 Å². The van der Waals surface area contributed by atoms with Crippen molar-refractivity contribution in [3.63, 3.8) is 0 Å². The van der Waals surface area contributed by atoms with Gasteiger partial charge < -0.3 is 4.90 Å². The third-order valence-corrected chi connectivity index (χ3v) is 7.38. The van der Waals surface area contributed by atoms with Gasteiger partial charge in [-0.15, -0.1) is 11.3 Å². The number of thiophene rings is 1. The number of pyridine rings is 1. The summed E-state index contributed by atoms with van der Waals surface area (Å²) >= 11 is 8.93. The van der Waals surface area contributed by atoms with Crippen molar-refractivity contribution in [2.24, 2.45) is 5.92 Å². The lowest BCUT2D eigenvalue weighted by Crippen LogP contribution is -2.16. The summed E-state index contributed by atoms with van der Waals surface area (Å²) in [6, 6.07) is 3.92. The average Bonchev–Trinajstić information content (AvgIpc) is 2.99. The molecule has 0 radical (unpaired) electrons. The molecule has 4 nitrogen and oxygen atoms in total. The third-order valence-electron chi connectivity index (χ3n) is 4.59. The second kappa shape index (κ2) is 7.21. The number of aryl methyl sites for hydroxylation is 1. The van der Waals surface area contributed by atoms with Crippen molar-refractivity contribution < 1.29 is 0 Å². The summed E-state index contributed by atoms with van der Waals surface area (Å²) in [5.74, 6) is 1.46. The fourth-order valence-corrected chi connectivity index (χ4v) is 5.67. The minimum absolute atomic E-state index is 0.723. The van der Waals surface area contributed by atoms with Gasteiger partial charge in [0.15, 0.2) is 5.82 Å². The lowest BCUT2D eigenvalue weighted by atomic mass is 9.89. The molecule has 0 aliphatic heterocycles. The number of rotatable bonds is 2. The first-order chi connectivity index (χ1) is 12.5. The van der Waals surface area contributed by atoms with Crippen LogP contribution in [0.5, 0.6) is 0 Å². The van der Waals surface area contributed by atoms with Gasteiger partial charge in [-0.3, -0.25) is 4.98 Å². The Bertz CT molecular complexity index is 966. The number of thiocarbonyl (C=S) groups is 1. The van der Waals surface area contributed by atoms with E-state index in [9.17, 15) is 0 Å². The minimum Gasteiger partial charge on any atom is -0.363 e. The Hall–Kier alpha value is -1.57. The highest BCUT2D eigenvalue weighted by Gasteiger charge is 2.25. The summed E-state index contributed by atoms with van der Waals surface area (Å²) in [6.07, 6.45) is 7.06. The molecular weight excluding hydrogens is 380 g/mol. The maximum absolute atomic E-state index is 5.55. The second-order valence-corrected chi connectivity index (χ2v) is 9.59. The van der Waals surface area contributed by atoms with Gasteiger partial charge in [0.05, 0.1) is 0 Å². The number of hydrogen-bond acceptors (Lipinski definition) is 6. The zero-order chi connectivity index (χ0) is 18.3. The van der Waals surface area contributed by atoms with Gasteiger partial charge in [0.1, 0.15) is 14.2 Å². The molecule has 0 unspecified atom stereocenters. The Kier molecular flexibility index (Phi) is 4.94. The van der Waals surface area contributed by atoms with Crippen LogP contribution in [0.1, 0.15) is 23.8 Å². The Labute approximate surface area is 167 Å². The highest BCUT2D eigenvalue weighted by Crippen LogP contribution is 2.42. The number of fused-ring (bicyclic) bond motifs is 3. The lowest BCUT2D eigenvalue weighted by molar-refractivity contribution is 0.509. The van der Waals surface area contributed by atoms with E-state index >= 15 is 0 Å². The molecule has 1 aliphatic rings. The Balaban J connectivity index is 1.90. The number of aromatic nitrogens is 3. The maximum Gasteiger partial charge on any atom is 0.163 e. The summed E-state index contributed by atoms with van der Waals surface area (Å²) in [4.78, 5) is 18.5. The molecule has 0 bridgehead atoms. The predicted octanol–water partition coefficient (Wildman–Crippen LogP) is 4.82. The zero-order valence-electron chi connectivity index (χ0n) is 15.0. The molecule has 4 rings (SSSR count). The van der Waals surface area contributed by atoms with E-state index in [0.717, 1.165) is 44.3 Å². The predicted molar refractivity (Wildman–Crippen MR) is 114 cm³/mol. The van der Waals surface area contributed by atoms with Crippen LogP contribution in [0.4, 0.5) is 0 Å². The number of nitrogens with zero attached hydrogens (tertiary/aromatic N) is 4. The van der Waals surface area contributed by atoms with Crippen LogP contribution in [-0.2, 0) is 12.8 Å². The molecule has 0 amide bonds. The molecule has 0 spiro atoms. The maximum atomic E-state index is 5.55. The van der Waals surface area contributed by atoms with E-state index in [4.69, 9.17) is 22.2 Å². The fourth-order valence-electron chi connectivity index (χ4n) is 3.18. The molecular formula is C19H20N4S3. The van der Waals surface area contributed by atoms with Gasteiger partial charge in [0.25, 0.3) is 0 Å². The van der Waals surface area contributed by atoms with E-state index in [-0.39, 0.29) is 0 Å². The molecule has 3 aromatic heterocycles. The van der Waals surface area contributed by atoms with E-state index in [2.05, 4.69) is 11.9 Å². The minimum atomic E-state index is 0.723. The summed E-state index contributed by atoms with van der Waals surface area (Å²) in [7, 11) is 3.95. The van der Waals surface area contributed by atoms with Gasteiger partial charge in [-0.05, 0) is 54.6 Å². The molecule has 134 valence electrons. The highest BCUT2D eigenvalue weighted by atomic mass is 32.2. The summed E-state index contributed by atoms with van der Waals surface area (Å²) in [5.41, 5.74) is 2.37. The normalized spacial score (nSPS) is 16.5. The van der Waals surface area contributed by atoms with Gasteiger partial charge in [0, 0.05) is 42.3 Å². The van der Waals surface area contributed by atoms with Gasteiger partial charge in [0.2, 0.25) is 0 Å². The van der Waals surface area contributed by atoms with Crippen LogP contribution in [0.25, 0.3) is 21.6 Å². The van der Waals surface area contributed by atoms with Crippen LogP contribution in [0.3, 0.4) is 0 Å². The van der Waals surface area contributed by atoms with E-state index in [1.807, 2.05) is 48.7 Å². The summed E-state index contributed by atoms with van der Waals surface area (Å²) in [5, 5.41) is 2.18. The van der Waals surface area contributed by atoms with Gasteiger partial charge in [-0.2, -0.15) is 0 Å². The molecule has 26 heavy (non-hydrogen) atoms. The van der Waals surface area contributed by atoms with Gasteiger partial charge in [-0.25, -0.2) is 9.97 Å². The van der Waals surface area contributed by atoms with Gasteiger partial charge >= 0.3 is 0 Å². The first-order valence-corrected chi connectivity index (χ1v) is 10.7. The van der Waals surface area contributed by atoms with E-state index in [1.54, 1.807) is 18.0 Å². The standard InChI is InChI=1S/C19H20N4S3/c1-11-6-7-13-14(9-11)25-17-15(13)18(26-19(24)23(2)3)22-16(21-17)12-5-4-8-20-10-12/h4-5,8,10-11H,6-7,9H2,1-3H3/t11-/m1/s1. The third kappa shape index (κ3) is 3.35. The quantitative estimate of drug-likeness (QED) is 0.349. The average molecular weight is 401 g/mol. The highest BCUT2D eigenvalue weighted by molar-refractivity contribution is 8.23.